The van der Waals surface area contributed by atoms with Gasteiger partial charge in [-0.1, -0.05) is 48.5 Å². The van der Waals surface area contributed by atoms with Crippen LogP contribution < -0.4 is 4.18 Å². The first-order valence-corrected chi connectivity index (χ1v) is 8.57. The lowest BCUT2D eigenvalue weighted by molar-refractivity contribution is -0.0500. The summed E-state index contributed by atoms with van der Waals surface area (Å²) in [6.45, 7) is 0. The van der Waals surface area contributed by atoms with Gasteiger partial charge in [0.2, 0.25) is 0 Å². The largest absolute Gasteiger partial charge is 0.534 e. The Kier molecular flexibility index (Phi) is 4.13. The number of fused-ring (bicyclic) bond motifs is 1. The van der Waals surface area contributed by atoms with Crippen LogP contribution in [-0.2, 0) is 16.5 Å². The van der Waals surface area contributed by atoms with Crippen molar-refractivity contribution in [3.05, 3.63) is 65.2 Å². The Morgan fingerprint density at radius 1 is 0.917 bits per heavy atom. The van der Waals surface area contributed by atoms with Crippen molar-refractivity contribution >= 4 is 21.8 Å². The molecule has 0 unspecified atom stereocenters. The molecule has 0 fully saturated rings. The van der Waals surface area contributed by atoms with Gasteiger partial charge in [0.1, 0.15) is 5.75 Å². The zero-order valence-corrected chi connectivity index (χ0v) is 13.2. The Balaban J connectivity index is 1.98. The van der Waals surface area contributed by atoms with Gasteiger partial charge in [0.15, 0.2) is 0 Å². The van der Waals surface area contributed by atoms with Gasteiger partial charge in [-0.05, 0) is 35.6 Å². The molecule has 24 heavy (non-hydrogen) atoms. The van der Waals surface area contributed by atoms with E-state index in [0.29, 0.717) is 24.0 Å². The maximum atomic E-state index is 12.5. The summed E-state index contributed by atoms with van der Waals surface area (Å²) in [6.07, 6.45) is 2.84. The molecule has 0 aromatic heterocycles. The highest BCUT2D eigenvalue weighted by Gasteiger charge is 2.48. The first kappa shape index (κ1) is 16.6. The highest BCUT2D eigenvalue weighted by atomic mass is 32.2. The average Bonchev–Trinajstić information content (AvgIpc) is 2.54. The van der Waals surface area contributed by atoms with Crippen LogP contribution in [0.15, 0.2) is 48.5 Å². The number of halogens is 3. The van der Waals surface area contributed by atoms with E-state index in [2.05, 4.69) is 4.18 Å². The van der Waals surface area contributed by atoms with Crippen LogP contribution in [0.1, 0.15) is 23.1 Å². The second-order valence-corrected chi connectivity index (χ2v) is 6.88. The number of rotatable bonds is 3. The monoisotopic (exact) mass is 354 g/mol. The van der Waals surface area contributed by atoms with Crippen molar-refractivity contribution in [1.29, 1.82) is 0 Å². The van der Waals surface area contributed by atoms with Gasteiger partial charge < -0.3 is 4.18 Å². The molecular weight excluding hydrogens is 341 g/mol. The van der Waals surface area contributed by atoms with E-state index in [1.165, 1.54) is 12.1 Å². The Bertz CT molecular complexity index is 885. The van der Waals surface area contributed by atoms with Crippen LogP contribution >= 0.6 is 0 Å². The fourth-order valence-corrected chi connectivity index (χ4v) is 3.12. The van der Waals surface area contributed by atoms with Crippen LogP contribution in [0, 0.1) is 0 Å². The molecule has 0 amide bonds. The van der Waals surface area contributed by atoms with Crippen LogP contribution in [0.25, 0.3) is 11.6 Å². The van der Waals surface area contributed by atoms with E-state index < -0.39 is 15.6 Å². The molecule has 3 rings (SSSR count). The minimum atomic E-state index is -5.67. The Hall–Kier alpha value is -2.28. The second kappa shape index (κ2) is 5.98. The molecular formula is C17H13F3O3S. The predicted octanol–water partition coefficient (Wildman–Crippen LogP) is 4.40. The average molecular weight is 354 g/mol. The Labute approximate surface area is 137 Å². The van der Waals surface area contributed by atoms with Gasteiger partial charge in [0.05, 0.1) is 0 Å². The quantitative estimate of drug-likeness (QED) is 0.606. The van der Waals surface area contributed by atoms with E-state index in [9.17, 15) is 21.6 Å². The third-order valence-electron chi connectivity index (χ3n) is 3.77. The molecule has 0 bridgehead atoms. The van der Waals surface area contributed by atoms with E-state index in [0.717, 1.165) is 11.1 Å². The number of hydrogen-bond acceptors (Lipinski definition) is 3. The molecule has 0 N–H and O–H groups in total. The summed E-state index contributed by atoms with van der Waals surface area (Å²) in [7, 11) is -5.67. The molecule has 0 heterocycles. The molecule has 0 atom stereocenters. The van der Waals surface area contributed by atoms with Gasteiger partial charge in [-0.3, -0.25) is 0 Å². The lowest BCUT2D eigenvalue weighted by Crippen LogP contribution is -2.28. The summed E-state index contributed by atoms with van der Waals surface area (Å²) in [4.78, 5) is 0. The molecule has 1 aliphatic rings. The molecule has 7 heteroatoms. The van der Waals surface area contributed by atoms with E-state index >= 15 is 0 Å². The normalized spacial score (nSPS) is 14.7. The number of alkyl halides is 3. The predicted molar refractivity (Wildman–Crippen MR) is 84.7 cm³/mol. The Morgan fingerprint density at radius 2 is 1.62 bits per heavy atom. The third kappa shape index (κ3) is 3.17. The molecule has 1 aliphatic carbocycles. The minimum Gasteiger partial charge on any atom is -0.376 e. The van der Waals surface area contributed by atoms with Crippen molar-refractivity contribution in [2.75, 3.05) is 0 Å². The fourth-order valence-electron chi connectivity index (χ4n) is 2.63. The highest BCUT2D eigenvalue weighted by Crippen LogP contribution is 2.37. The fraction of sp³-hybridized carbons (Fsp3) is 0.176. The van der Waals surface area contributed by atoms with Crippen molar-refractivity contribution in [3.63, 3.8) is 0 Å². The van der Waals surface area contributed by atoms with Gasteiger partial charge in [0.25, 0.3) is 0 Å². The molecule has 0 aliphatic heterocycles. The van der Waals surface area contributed by atoms with Gasteiger partial charge in [-0.25, -0.2) is 0 Å². The smallest absolute Gasteiger partial charge is 0.376 e. The Morgan fingerprint density at radius 3 is 2.29 bits per heavy atom. The molecule has 3 nitrogen and oxygen atoms in total. The highest BCUT2D eigenvalue weighted by molar-refractivity contribution is 7.88. The van der Waals surface area contributed by atoms with Crippen LogP contribution in [0.3, 0.4) is 0 Å². The van der Waals surface area contributed by atoms with E-state index in [-0.39, 0.29) is 5.75 Å². The summed E-state index contributed by atoms with van der Waals surface area (Å²) in [5.41, 5.74) is -2.26. The molecule has 0 radical (unpaired) electrons. The summed E-state index contributed by atoms with van der Waals surface area (Å²) in [5.74, 6) is -0.270. The SMILES string of the molecule is O=S(=O)(Oc1cccc2c1CCC(c1ccccc1)=C2)C(F)(F)F. The summed E-state index contributed by atoms with van der Waals surface area (Å²) in [6, 6.07) is 14.0. The maximum Gasteiger partial charge on any atom is 0.534 e. The zero-order chi connectivity index (χ0) is 17.4. The molecule has 0 spiro atoms. The topological polar surface area (TPSA) is 43.4 Å². The van der Waals surface area contributed by atoms with Crippen LogP contribution in [0.5, 0.6) is 5.75 Å². The van der Waals surface area contributed by atoms with Crippen LogP contribution in [0.2, 0.25) is 0 Å². The molecule has 2 aromatic rings. The lowest BCUT2D eigenvalue weighted by atomic mass is 9.88. The van der Waals surface area contributed by atoms with Crippen LogP contribution in [-0.4, -0.2) is 13.9 Å². The zero-order valence-electron chi connectivity index (χ0n) is 12.4. The van der Waals surface area contributed by atoms with Crippen molar-refractivity contribution in [2.24, 2.45) is 0 Å². The number of allylic oxidation sites excluding steroid dienone is 1. The first-order chi connectivity index (χ1) is 11.3. The van der Waals surface area contributed by atoms with E-state index in [4.69, 9.17) is 0 Å². The molecule has 0 saturated heterocycles. The minimum absolute atomic E-state index is 0.270. The van der Waals surface area contributed by atoms with E-state index in [1.54, 1.807) is 6.07 Å². The molecule has 2 aromatic carbocycles. The first-order valence-electron chi connectivity index (χ1n) is 7.16. The van der Waals surface area contributed by atoms with E-state index in [1.807, 2.05) is 36.4 Å². The number of hydrogen-bond donors (Lipinski definition) is 0. The standard InChI is InChI=1S/C17H13F3O3S/c18-17(19,20)24(21,22)23-16-8-4-7-14-11-13(9-10-15(14)16)12-5-2-1-3-6-12/h1-8,11H,9-10H2. The van der Waals surface area contributed by atoms with Crippen molar-refractivity contribution in [2.45, 2.75) is 18.3 Å². The maximum absolute atomic E-state index is 12.5. The van der Waals surface area contributed by atoms with Gasteiger partial charge in [0, 0.05) is 5.56 Å². The third-order valence-corrected chi connectivity index (χ3v) is 4.74. The molecule has 0 saturated carbocycles. The summed E-state index contributed by atoms with van der Waals surface area (Å²) >= 11 is 0. The number of benzene rings is 2. The van der Waals surface area contributed by atoms with Crippen molar-refractivity contribution in [1.82, 2.24) is 0 Å². The summed E-state index contributed by atoms with van der Waals surface area (Å²) < 4.78 is 64.3. The van der Waals surface area contributed by atoms with Crippen LogP contribution in [0.4, 0.5) is 13.2 Å². The van der Waals surface area contributed by atoms with Gasteiger partial charge in [-0.15, -0.1) is 0 Å². The van der Waals surface area contributed by atoms with Crippen molar-refractivity contribution < 1.29 is 25.8 Å². The second-order valence-electron chi connectivity index (χ2n) is 5.34. The summed E-state index contributed by atoms with van der Waals surface area (Å²) in [5, 5.41) is 0. The lowest BCUT2D eigenvalue weighted by Gasteiger charge is -2.20. The molecule has 126 valence electrons. The van der Waals surface area contributed by atoms with Crippen molar-refractivity contribution in [3.8, 4) is 5.75 Å². The van der Waals surface area contributed by atoms with Gasteiger partial charge >= 0.3 is 15.6 Å². The van der Waals surface area contributed by atoms with Gasteiger partial charge in [-0.2, -0.15) is 21.6 Å².